The minimum absolute atomic E-state index is 0.156. The lowest BCUT2D eigenvalue weighted by Gasteiger charge is -2.09. The first-order valence-electron chi connectivity index (χ1n) is 6.34. The van der Waals surface area contributed by atoms with Crippen molar-refractivity contribution in [3.63, 3.8) is 0 Å². The molecule has 0 aromatic heterocycles. The molecule has 0 saturated heterocycles. The van der Waals surface area contributed by atoms with Gasteiger partial charge >= 0.3 is 0 Å². The molecule has 0 radical (unpaired) electrons. The summed E-state index contributed by atoms with van der Waals surface area (Å²) in [6.45, 7) is 12.5. The zero-order chi connectivity index (χ0) is 12.8. The summed E-state index contributed by atoms with van der Waals surface area (Å²) in [4.78, 5) is 0. The molecular formula is C12H28N2O2. The van der Waals surface area contributed by atoms with E-state index in [1.54, 1.807) is 0 Å². The van der Waals surface area contributed by atoms with Crippen molar-refractivity contribution in [2.45, 2.75) is 47.5 Å². The number of β-amino-alcohol motifs (C(OH)–C–C–N with tert-alkyl or cyclic N) is 1. The van der Waals surface area contributed by atoms with E-state index >= 15 is 0 Å². The molecule has 16 heavy (non-hydrogen) atoms. The Morgan fingerprint density at radius 2 is 1.88 bits per heavy atom. The zero-order valence-corrected chi connectivity index (χ0v) is 11.5. The SMILES string of the molecule is CC.CCC.CCOC1=NN(CCO)CC1. The average Bonchev–Trinajstić information content (AvgIpc) is 2.71. The summed E-state index contributed by atoms with van der Waals surface area (Å²) in [5, 5.41) is 14.6. The largest absolute Gasteiger partial charge is 0.480 e. The highest BCUT2D eigenvalue weighted by Crippen LogP contribution is 2.05. The molecule has 1 heterocycles. The van der Waals surface area contributed by atoms with Gasteiger partial charge in [0.05, 0.1) is 19.8 Å². The van der Waals surface area contributed by atoms with Crippen LogP contribution in [0.4, 0.5) is 0 Å². The predicted octanol–water partition coefficient (Wildman–Crippen LogP) is 2.48. The maximum Gasteiger partial charge on any atom is 0.207 e. The summed E-state index contributed by atoms with van der Waals surface area (Å²) in [6.07, 6.45) is 2.12. The molecule has 0 spiro atoms. The van der Waals surface area contributed by atoms with Gasteiger partial charge in [0.1, 0.15) is 0 Å². The Labute approximate surface area is 100 Å². The summed E-state index contributed by atoms with van der Waals surface area (Å²) in [6, 6.07) is 0. The third-order valence-corrected chi connectivity index (χ3v) is 1.51. The Hall–Kier alpha value is -0.770. The average molecular weight is 232 g/mol. The number of ether oxygens (including phenoxy) is 1. The first-order chi connectivity index (χ1) is 7.78. The van der Waals surface area contributed by atoms with Crippen LogP contribution in [-0.2, 0) is 4.74 Å². The van der Waals surface area contributed by atoms with Gasteiger partial charge < -0.3 is 9.84 Å². The van der Waals surface area contributed by atoms with Crippen molar-refractivity contribution in [3.05, 3.63) is 0 Å². The van der Waals surface area contributed by atoms with E-state index in [1.165, 1.54) is 6.42 Å². The number of nitrogens with zero attached hydrogens (tertiary/aromatic N) is 2. The lowest BCUT2D eigenvalue weighted by Crippen LogP contribution is -2.17. The first kappa shape index (κ1) is 17.6. The maximum atomic E-state index is 8.59. The van der Waals surface area contributed by atoms with Crippen molar-refractivity contribution in [2.75, 3.05) is 26.3 Å². The van der Waals surface area contributed by atoms with Gasteiger partial charge in [-0.1, -0.05) is 34.1 Å². The van der Waals surface area contributed by atoms with Crippen molar-refractivity contribution in [2.24, 2.45) is 5.10 Å². The Bertz CT molecular complexity index is 161. The fourth-order valence-electron chi connectivity index (χ4n) is 1.03. The topological polar surface area (TPSA) is 45.1 Å². The number of hydrazone groups is 1. The standard InChI is InChI=1S/C7H14N2O2.C3H8.C2H6/c1-2-11-7-3-4-9(8-7)5-6-10;1-3-2;1-2/h10H,2-6H2,1H3;3H2,1-2H3;1-2H3. The van der Waals surface area contributed by atoms with Crippen LogP contribution in [0.15, 0.2) is 5.10 Å². The summed E-state index contributed by atoms with van der Waals surface area (Å²) >= 11 is 0. The molecule has 4 heteroatoms. The van der Waals surface area contributed by atoms with E-state index in [1.807, 2.05) is 25.8 Å². The van der Waals surface area contributed by atoms with Crippen LogP contribution in [0.5, 0.6) is 0 Å². The molecule has 1 aliphatic heterocycles. The van der Waals surface area contributed by atoms with E-state index in [0.717, 1.165) is 18.9 Å². The van der Waals surface area contributed by atoms with Gasteiger partial charge in [0.15, 0.2) is 0 Å². The molecule has 98 valence electrons. The minimum atomic E-state index is 0.156. The molecule has 0 atom stereocenters. The van der Waals surface area contributed by atoms with Crippen molar-refractivity contribution in [3.8, 4) is 0 Å². The Morgan fingerprint density at radius 1 is 1.31 bits per heavy atom. The van der Waals surface area contributed by atoms with Crippen molar-refractivity contribution in [1.29, 1.82) is 0 Å². The third-order valence-electron chi connectivity index (χ3n) is 1.51. The number of aliphatic hydroxyl groups excluding tert-OH is 1. The quantitative estimate of drug-likeness (QED) is 0.813. The third kappa shape index (κ3) is 9.77. The highest BCUT2D eigenvalue weighted by Gasteiger charge is 2.13. The highest BCUT2D eigenvalue weighted by atomic mass is 16.5. The van der Waals surface area contributed by atoms with Gasteiger partial charge in [-0.25, -0.2) is 0 Å². The van der Waals surface area contributed by atoms with Crippen LogP contribution in [0.3, 0.4) is 0 Å². The fraction of sp³-hybridized carbons (Fsp3) is 0.917. The summed E-state index contributed by atoms with van der Waals surface area (Å²) in [7, 11) is 0. The van der Waals surface area contributed by atoms with Crippen LogP contribution in [0, 0.1) is 0 Å². The second kappa shape index (κ2) is 14.2. The van der Waals surface area contributed by atoms with Gasteiger partial charge in [0, 0.05) is 13.0 Å². The molecule has 0 bridgehead atoms. The molecule has 1 N–H and O–H groups in total. The lowest BCUT2D eigenvalue weighted by molar-refractivity contribution is 0.212. The van der Waals surface area contributed by atoms with E-state index in [2.05, 4.69) is 18.9 Å². The minimum Gasteiger partial charge on any atom is -0.480 e. The van der Waals surface area contributed by atoms with E-state index in [0.29, 0.717) is 13.2 Å². The van der Waals surface area contributed by atoms with Gasteiger partial charge in [-0.05, 0) is 6.92 Å². The molecule has 0 amide bonds. The van der Waals surface area contributed by atoms with Crippen LogP contribution >= 0.6 is 0 Å². The van der Waals surface area contributed by atoms with Crippen molar-refractivity contribution in [1.82, 2.24) is 5.01 Å². The Morgan fingerprint density at radius 3 is 2.31 bits per heavy atom. The van der Waals surface area contributed by atoms with Gasteiger partial charge in [0.25, 0.3) is 0 Å². The molecule has 4 nitrogen and oxygen atoms in total. The summed E-state index contributed by atoms with van der Waals surface area (Å²) < 4.78 is 5.21. The number of aliphatic hydroxyl groups is 1. The molecule has 0 aliphatic carbocycles. The Kier molecular flexibility index (Phi) is 15.7. The molecule has 0 fully saturated rings. The fourth-order valence-corrected chi connectivity index (χ4v) is 1.03. The predicted molar refractivity (Wildman–Crippen MR) is 69.6 cm³/mol. The van der Waals surface area contributed by atoms with E-state index in [9.17, 15) is 0 Å². The molecule has 0 aromatic carbocycles. The van der Waals surface area contributed by atoms with E-state index in [-0.39, 0.29) is 6.61 Å². The smallest absolute Gasteiger partial charge is 0.207 e. The van der Waals surface area contributed by atoms with Crippen molar-refractivity contribution >= 4 is 5.90 Å². The van der Waals surface area contributed by atoms with Gasteiger partial charge in [-0.2, -0.15) is 0 Å². The molecule has 1 rings (SSSR count). The van der Waals surface area contributed by atoms with Crippen molar-refractivity contribution < 1.29 is 9.84 Å². The van der Waals surface area contributed by atoms with Crippen LogP contribution in [0.25, 0.3) is 0 Å². The zero-order valence-electron chi connectivity index (χ0n) is 11.5. The van der Waals surface area contributed by atoms with E-state index < -0.39 is 0 Å². The highest BCUT2D eigenvalue weighted by molar-refractivity contribution is 5.77. The molecule has 1 aliphatic rings. The second-order valence-electron chi connectivity index (χ2n) is 3.06. The first-order valence-corrected chi connectivity index (χ1v) is 6.34. The number of hydrogen-bond donors (Lipinski definition) is 1. The monoisotopic (exact) mass is 232 g/mol. The number of hydrogen-bond acceptors (Lipinski definition) is 4. The van der Waals surface area contributed by atoms with Gasteiger partial charge in [-0.3, -0.25) is 5.01 Å². The summed E-state index contributed by atoms with van der Waals surface area (Å²) in [5.74, 6) is 0.793. The molecule has 0 saturated carbocycles. The number of rotatable bonds is 3. The van der Waals surface area contributed by atoms with Crippen LogP contribution < -0.4 is 0 Å². The molecule has 0 unspecified atom stereocenters. The lowest BCUT2D eigenvalue weighted by atomic mass is 10.4. The normalized spacial score (nSPS) is 13.1. The van der Waals surface area contributed by atoms with Crippen LogP contribution in [0.2, 0.25) is 0 Å². The molecule has 0 aromatic rings. The van der Waals surface area contributed by atoms with Gasteiger partial charge in [0.2, 0.25) is 5.90 Å². The summed E-state index contributed by atoms with van der Waals surface area (Å²) in [5.41, 5.74) is 0. The maximum absolute atomic E-state index is 8.59. The van der Waals surface area contributed by atoms with Crippen LogP contribution in [0.1, 0.15) is 47.5 Å². The van der Waals surface area contributed by atoms with Crippen LogP contribution in [-0.4, -0.2) is 42.3 Å². The van der Waals surface area contributed by atoms with E-state index in [4.69, 9.17) is 9.84 Å². The molecular weight excluding hydrogens is 204 g/mol. The Balaban J connectivity index is 0. The van der Waals surface area contributed by atoms with Gasteiger partial charge in [-0.15, -0.1) is 5.10 Å². The second-order valence-corrected chi connectivity index (χ2v) is 3.06.